The van der Waals surface area contributed by atoms with E-state index in [1.54, 1.807) is 0 Å². The van der Waals surface area contributed by atoms with Gasteiger partial charge >= 0.3 is 0 Å². The van der Waals surface area contributed by atoms with E-state index in [0.717, 1.165) is 26.3 Å². The van der Waals surface area contributed by atoms with Crippen LogP contribution in [0, 0.1) is 12.7 Å². The number of phenolic OH excluding ortho intramolecular Hbond substituents is 1. The first kappa shape index (κ1) is 14.3. The average Bonchev–Trinajstić information content (AvgIpc) is 2.25. The maximum absolute atomic E-state index is 13.2. The zero-order chi connectivity index (χ0) is 14.0. The SMILES string of the molecule is Cc1cc(Br)c(NCc2cc(O)cc(F)c2)c(Br)c1. The Balaban J connectivity index is 2.19. The van der Waals surface area contributed by atoms with Gasteiger partial charge in [0.2, 0.25) is 0 Å². The Morgan fingerprint density at radius 2 is 1.74 bits per heavy atom. The molecule has 0 radical (unpaired) electrons. The van der Waals surface area contributed by atoms with Crippen LogP contribution in [-0.2, 0) is 6.54 Å². The van der Waals surface area contributed by atoms with Crippen molar-refractivity contribution in [1.29, 1.82) is 0 Å². The van der Waals surface area contributed by atoms with Gasteiger partial charge in [-0.1, -0.05) is 0 Å². The van der Waals surface area contributed by atoms with Crippen molar-refractivity contribution in [3.63, 3.8) is 0 Å². The molecule has 0 aromatic heterocycles. The molecule has 0 fully saturated rings. The Hall–Kier alpha value is -1.07. The van der Waals surface area contributed by atoms with Crippen molar-refractivity contribution in [3.8, 4) is 5.75 Å². The fraction of sp³-hybridized carbons (Fsp3) is 0.143. The molecule has 2 aromatic carbocycles. The lowest BCUT2D eigenvalue weighted by atomic mass is 10.2. The summed E-state index contributed by atoms with van der Waals surface area (Å²) >= 11 is 6.97. The number of benzene rings is 2. The predicted molar refractivity (Wildman–Crippen MR) is 82.0 cm³/mol. The molecule has 0 aliphatic carbocycles. The minimum atomic E-state index is -0.446. The van der Waals surface area contributed by atoms with Crippen LogP contribution in [0.5, 0.6) is 5.75 Å². The Labute approximate surface area is 127 Å². The third-order valence-corrected chi connectivity index (χ3v) is 3.85. The zero-order valence-corrected chi connectivity index (χ0v) is 13.3. The second-order valence-corrected chi connectivity index (χ2v) is 5.98. The summed E-state index contributed by atoms with van der Waals surface area (Å²) in [5.74, 6) is -0.516. The van der Waals surface area contributed by atoms with E-state index >= 15 is 0 Å². The molecule has 0 aliphatic rings. The number of hydrogen-bond acceptors (Lipinski definition) is 2. The lowest BCUT2D eigenvalue weighted by molar-refractivity contribution is 0.468. The predicted octanol–water partition coefficient (Wildman–Crippen LogP) is 4.98. The summed E-state index contributed by atoms with van der Waals surface area (Å²) < 4.78 is 15.0. The van der Waals surface area contributed by atoms with E-state index in [-0.39, 0.29) is 5.75 Å². The summed E-state index contributed by atoms with van der Waals surface area (Å²) in [6, 6.07) is 8.00. The molecule has 5 heteroatoms. The normalized spacial score (nSPS) is 10.5. The molecule has 2 nitrogen and oxygen atoms in total. The average molecular weight is 389 g/mol. The number of aromatic hydroxyl groups is 1. The van der Waals surface area contributed by atoms with Crippen LogP contribution in [0.25, 0.3) is 0 Å². The fourth-order valence-corrected chi connectivity index (χ4v) is 3.49. The molecule has 0 aliphatic heterocycles. The summed E-state index contributed by atoms with van der Waals surface area (Å²) in [6.45, 7) is 2.43. The zero-order valence-electron chi connectivity index (χ0n) is 10.2. The third-order valence-electron chi connectivity index (χ3n) is 2.60. The van der Waals surface area contributed by atoms with Crippen molar-refractivity contribution < 1.29 is 9.50 Å². The topological polar surface area (TPSA) is 32.3 Å². The van der Waals surface area contributed by atoms with Crippen LogP contribution in [-0.4, -0.2) is 5.11 Å². The number of hydrogen-bond donors (Lipinski definition) is 2. The van der Waals surface area contributed by atoms with E-state index in [1.807, 2.05) is 19.1 Å². The van der Waals surface area contributed by atoms with Crippen LogP contribution >= 0.6 is 31.9 Å². The highest BCUT2D eigenvalue weighted by Gasteiger charge is 2.07. The lowest BCUT2D eigenvalue weighted by Gasteiger charge is -2.12. The van der Waals surface area contributed by atoms with Crippen LogP contribution in [0.4, 0.5) is 10.1 Å². The maximum Gasteiger partial charge on any atom is 0.127 e. The van der Waals surface area contributed by atoms with Crippen LogP contribution in [0.2, 0.25) is 0 Å². The van der Waals surface area contributed by atoms with Crippen molar-refractivity contribution in [2.24, 2.45) is 0 Å². The molecule has 2 N–H and O–H groups in total. The van der Waals surface area contributed by atoms with Crippen LogP contribution in [0.15, 0.2) is 39.3 Å². The van der Waals surface area contributed by atoms with Gasteiger partial charge in [0, 0.05) is 21.6 Å². The van der Waals surface area contributed by atoms with E-state index in [2.05, 4.69) is 37.2 Å². The quantitative estimate of drug-likeness (QED) is 0.777. The minimum Gasteiger partial charge on any atom is -0.508 e. The Kier molecular flexibility index (Phi) is 4.47. The first-order valence-electron chi connectivity index (χ1n) is 5.63. The van der Waals surface area contributed by atoms with Gasteiger partial charge in [0.15, 0.2) is 0 Å². The molecule has 0 saturated heterocycles. The molecule has 2 aromatic rings. The third kappa shape index (κ3) is 3.70. The smallest absolute Gasteiger partial charge is 0.127 e. The van der Waals surface area contributed by atoms with Crippen molar-refractivity contribution in [2.45, 2.75) is 13.5 Å². The second-order valence-electron chi connectivity index (χ2n) is 4.27. The van der Waals surface area contributed by atoms with Gasteiger partial charge in [-0.2, -0.15) is 0 Å². The van der Waals surface area contributed by atoms with Crippen LogP contribution in [0.1, 0.15) is 11.1 Å². The number of anilines is 1. The molecule has 0 spiro atoms. The van der Waals surface area contributed by atoms with Crippen molar-refractivity contribution >= 4 is 37.5 Å². The van der Waals surface area contributed by atoms with Crippen molar-refractivity contribution in [2.75, 3.05) is 5.32 Å². The van der Waals surface area contributed by atoms with E-state index in [4.69, 9.17) is 0 Å². The summed E-state index contributed by atoms with van der Waals surface area (Å²) in [4.78, 5) is 0. The molecule has 0 bridgehead atoms. The van der Waals surface area contributed by atoms with E-state index in [0.29, 0.717) is 12.1 Å². The number of phenols is 1. The number of aryl methyl sites for hydroxylation is 1. The molecule has 0 saturated carbocycles. The summed E-state index contributed by atoms with van der Waals surface area (Å²) in [7, 11) is 0. The van der Waals surface area contributed by atoms with Gasteiger partial charge in [0.25, 0.3) is 0 Å². The number of rotatable bonds is 3. The van der Waals surface area contributed by atoms with Gasteiger partial charge in [-0.15, -0.1) is 0 Å². The summed E-state index contributed by atoms with van der Waals surface area (Å²) in [5, 5.41) is 12.6. The molecular formula is C14H12Br2FNO. The Morgan fingerprint density at radius 1 is 1.11 bits per heavy atom. The van der Waals surface area contributed by atoms with E-state index in [9.17, 15) is 9.50 Å². The maximum atomic E-state index is 13.2. The van der Waals surface area contributed by atoms with E-state index < -0.39 is 5.82 Å². The Morgan fingerprint density at radius 3 is 2.32 bits per heavy atom. The van der Waals surface area contributed by atoms with Crippen molar-refractivity contribution in [1.82, 2.24) is 0 Å². The van der Waals surface area contributed by atoms with Crippen molar-refractivity contribution in [3.05, 3.63) is 56.2 Å². The van der Waals surface area contributed by atoms with Gasteiger partial charge in [-0.25, -0.2) is 4.39 Å². The molecular weight excluding hydrogens is 377 g/mol. The standard InChI is InChI=1S/C14H12Br2FNO/c1-8-2-12(15)14(13(16)3-8)18-7-9-4-10(17)6-11(19)5-9/h2-6,18-19H,7H2,1H3. The fourth-order valence-electron chi connectivity index (χ4n) is 1.79. The van der Waals surface area contributed by atoms with Gasteiger partial charge in [-0.05, 0) is 74.2 Å². The van der Waals surface area contributed by atoms with Gasteiger partial charge < -0.3 is 10.4 Å². The molecule has 100 valence electrons. The molecule has 0 heterocycles. The monoisotopic (exact) mass is 387 g/mol. The Bertz CT molecular complexity index is 573. The molecule has 2 rings (SSSR count). The molecule has 0 atom stereocenters. The van der Waals surface area contributed by atoms with Gasteiger partial charge in [0.1, 0.15) is 11.6 Å². The highest BCUT2D eigenvalue weighted by molar-refractivity contribution is 9.11. The van der Waals surface area contributed by atoms with Crippen LogP contribution in [0.3, 0.4) is 0 Å². The number of nitrogens with one attached hydrogen (secondary N) is 1. The molecule has 0 unspecified atom stereocenters. The first-order valence-corrected chi connectivity index (χ1v) is 7.22. The highest BCUT2D eigenvalue weighted by atomic mass is 79.9. The molecule has 19 heavy (non-hydrogen) atoms. The van der Waals surface area contributed by atoms with Gasteiger partial charge in [0.05, 0.1) is 5.69 Å². The highest BCUT2D eigenvalue weighted by Crippen LogP contribution is 2.32. The first-order chi connectivity index (χ1) is 8.95. The summed E-state index contributed by atoms with van der Waals surface area (Å²) in [5.41, 5.74) is 2.71. The van der Waals surface area contributed by atoms with E-state index in [1.165, 1.54) is 12.1 Å². The summed E-state index contributed by atoms with van der Waals surface area (Å²) in [6.07, 6.45) is 0. The number of halogens is 3. The van der Waals surface area contributed by atoms with Gasteiger partial charge in [-0.3, -0.25) is 0 Å². The minimum absolute atomic E-state index is 0.0705. The second kappa shape index (κ2) is 5.92. The lowest BCUT2D eigenvalue weighted by Crippen LogP contribution is -2.01. The molecule has 0 amide bonds. The largest absolute Gasteiger partial charge is 0.508 e. The van der Waals surface area contributed by atoms with Crippen LogP contribution < -0.4 is 5.32 Å².